The van der Waals surface area contributed by atoms with Crippen LogP contribution in [0.2, 0.25) is 0 Å². The Bertz CT molecular complexity index is 165. The van der Waals surface area contributed by atoms with E-state index in [9.17, 15) is 0 Å². The Hall–Kier alpha value is -0.820. The van der Waals surface area contributed by atoms with E-state index < -0.39 is 36.9 Å². The number of aliphatic hydroxyl groups is 6. The van der Waals surface area contributed by atoms with Gasteiger partial charge in [0.25, 0.3) is 0 Å². The van der Waals surface area contributed by atoms with Gasteiger partial charge in [0.15, 0.2) is 11.5 Å². The predicted octanol–water partition coefficient (Wildman–Crippen LogP) is -1.98. The van der Waals surface area contributed by atoms with Gasteiger partial charge >= 0.3 is 0 Å². The first kappa shape index (κ1) is 11.2. The van der Waals surface area contributed by atoms with Gasteiger partial charge in [0.05, 0.1) is 6.61 Å². The molecule has 72 valence electrons. The van der Waals surface area contributed by atoms with Crippen LogP contribution in [-0.4, -0.2) is 56.1 Å². The highest BCUT2D eigenvalue weighted by Gasteiger charge is 2.22. The molecule has 6 heteroatoms. The van der Waals surface area contributed by atoms with Crippen LogP contribution in [0.15, 0.2) is 11.5 Å². The average molecular weight is 180 g/mol. The zero-order chi connectivity index (χ0) is 9.72. The fraction of sp³-hybridized carbons (Fsp3) is 0.667. The monoisotopic (exact) mass is 180 g/mol. The normalized spacial score (nSPS) is 18.3. The van der Waals surface area contributed by atoms with Crippen molar-refractivity contribution in [2.45, 2.75) is 12.2 Å². The van der Waals surface area contributed by atoms with Crippen LogP contribution in [0, 0.1) is 0 Å². The first-order valence-corrected chi connectivity index (χ1v) is 3.23. The van der Waals surface area contributed by atoms with Gasteiger partial charge in [-0.3, -0.25) is 0 Å². The van der Waals surface area contributed by atoms with Gasteiger partial charge in [-0.05, 0) is 0 Å². The zero-order valence-corrected chi connectivity index (χ0v) is 6.25. The van der Waals surface area contributed by atoms with E-state index in [-0.39, 0.29) is 0 Å². The third kappa shape index (κ3) is 2.67. The molecule has 0 saturated heterocycles. The van der Waals surface area contributed by atoms with E-state index in [1.807, 2.05) is 0 Å². The van der Waals surface area contributed by atoms with E-state index >= 15 is 0 Å². The van der Waals surface area contributed by atoms with Gasteiger partial charge in [0, 0.05) is 0 Å². The Morgan fingerprint density at radius 3 is 1.92 bits per heavy atom. The fourth-order valence-corrected chi connectivity index (χ4v) is 0.534. The number of aliphatic hydroxyl groups excluding tert-OH is 6. The molecule has 6 nitrogen and oxygen atoms in total. The highest BCUT2D eigenvalue weighted by atomic mass is 16.4. The molecule has 0 fully saturated rings. The molecule has 2 atom stereocenters. The van der Waals surface area contributed by atoms with Gasteiger partial charge in [0.1, 0.15) is 18.8 Å². The standard InChI is InChI=1S/C6H12O6/c7-1-3(9)5(11)6(12)4(10)2-8/h3,5,7-12H,1-2H2/b6-4+/t3-,5-/m1/s1. The summed E-state index contributed by atoms with van der Waals surface area (Å²) in [7, 11) is 0. The van der Waals surface area contributed by atoms with Crippen molar-refractivity contribution in [2.75, 3.05) is 13.2 Å². The van der Waals surface area contributed by atoms with Crippen molar-refractivity contribution in [3.05, 3.63) is 11.5 Å². The second kappa shape index (κ2) is 4.94. The second-order valence-electron chi connectivity index (χ2n) is 2.18. The summed E-state index contributed by atoms with van der Waals surface area (Å²) in [6.45, 7) is -1.61. The lowest BCUT2D eigenvalue weighted by molar-refractivity contribution is -0.0177. The molecular formula is C6H12O6. The highest BCUT2D eigenvalue weighted by molar-refractivity contribution is 5.05. The summed E-state index contributed by atoms with van der Waals surface area (Å²) in [6, 6.07) is 0. The van der Waals surface area contributed by atoms with E-state index in [4.69, 9.17) is 30.6 Å². The molecule has 0 spiro atoms. The van der Waals surface area contributed by atoms with Gasteiger partial charge in [-0.2, -0.15) is 0 Å². The molecule has 0 aliphatic rings. The average Bonchev–Trinajstić information content (AvgIpc) is 2.12. The molecule has 0 radical (unpaired) electrons. The van der Waals surface area contributed by atoms with Crippen LogP contribution < -0.4 is 0 Å². The van der Waals surface area contributed by atoms with Gasteiger partial charge in [-0.25, -0.2) is 0 Å². The minimum absolute atomic E-state index is 0.760. The smallest absolute Gasteiger partial charge is 0.164 e. The van der Waals surface area contributed by atoms with E-state index in [2.05, 4.69) is 0 Å². The lowest BCUT2D eigenvalue weighted by atomic mass is 10.1. The molecule has 0 amide bonds. The maximum atomic E-state index is 8.90. The summed E-state index contributed by atoms with van der Waals surface area (Å²) in [5, 5.41) is 51.8. The quantitative estimate of drug-likeness (QED) is 0.279. The topological polar surface area (TPSA) is 121 Å². The Balaban J connectivity index is 4.36. The first-order chi connectivity index (χ1) is 5.54. The molecule has 0 bridgehead atoms. The van der Waals surface area contributed by atoms with Crippen molar-refractivity contribution in [3.63, 3.8) is 0 Å². The third-order valence-electron chi connectivity index (χ3n) is 1.28. The van der Waals surface area contributed by atoms with Crippen LogP contribution in [0.5, 0.6) is 0 Å². The van der Waals surface area contributed by atoms with Crippen LogP contribution in [0.1, 0.15) is 0 Å². The molecule has 0 aromatic carbocycles. The molecule has 0 heterocycles. The zero-order valence-electron chi connectivity index (χ0n) is 6.25. The van der Waals surface area contributed by atoms with Crippen molar-refractivity contribution in [3.8, 4) is 0 Å². The number of hydrogen-bond acceptors (Lipinski definition) is 6. The molecule has 0 aliphatic heterocycles. The van der Waals surface area contributed by atoms with Crippen molar-refractivity contribution < 1.29 is 30.6 Å². The van der Waals surface area contributed by atoms with E-state index in [0.717, 1.165) is 0 Å². The molecule has 0 aliphatic carbocycles. The van der Waals surface area contributed by atoms with Crippen LogP contribution >= 0.6 is 0 Å². The molecule has 6 N–H and O–H groups in total. The molecule has 0 unspecified atom stereocenters. The fourth-order valence-electron chi connectivity index (χ4n) is 0.534. The SMILES string of the molecule is OC/C(O)=C(\O)[C@H](O)[C@H](O)CO. The maximum Gasteiger partial charge on any atom is 0.164 e. The summed E-state index contributed by atoms with van der Waals surface area (Å²) in [4.78, 5) is 0. The lowest BCUT2D eigenvalue weighted by Crippen LogP contribution is -2.32. The lowest BCUT2D eigenvalue weighted by Gasteiger charge is -2.15. The Morgan fingerprint density at radius 2 is 1.58 bits per heavy atom. The Kier molecular flexibility index (Phi) is 4.60. The highest BCUT2D eigenvalue weighted by Crippen LogP contribution is 2.06. The van der Waals surface area contributed by atoms with Crippen LogP contribution in [0.4, 0.5) is 0 Å². The first-order valence-electron chi connectivity index (χ1n) is 3.23. The summed E-state index contributed by atoms with van der Waals surface area (Å²) >= 11 is 0. The molecule has 0 aromatic heterocycles. The molecule has 0 rings (SSSR count). The van der Waals surface area contributed by atoms with Crippen LogP contribution in [0.25, 0.3) is 0 Å². The predicted molar refractivity (Wildman–Crippen MR) is 38.5 cm³/mol. The van der Waals surface area contributed by atoms with Crippen LogP contribution in [0.3, 0.4) is 0 Å². The van der Waals surface area contributed by atoms with Crippen molar-refractivity contribution >= 4 is 0 Å². The number of hydrogen-bond donors (Lipinski definition) is 6. The molecular weight excluding hydrogens is 168 g/mol. The summed E-state index contributed by atoms with van der Waals surface area (Å²) in [5.74, 6) is -1.78. The van der Waals surface area contributed by atoms with Crippen molar-refractivity contribution in [1.82, 2.24) is 0 Å². The third-order valence-corrected chi connectivity index (χ3v) is 1.28. The summed E-state index contributed by atoms with van der Waals surface area (Å²) in [6.07, 6.45) is -3.37. The van der Waals surface area contributed by atoms with Gasteiger partial charge in [0.2, 0.25) is 0 Å². The van der Waals surface area contributed by atoms with E-state index in [1.54, 1.807) is 0 Å². The van der Waals surface area contributed by atoms with Gasteiger partial charge < -0.3 is 30.6 Å². The minimum atomic E-state index is -1.79. The van der Waals surface area contributed by atoms with Crippen molar-refractivity contribution in [2.24, 2.45) is 0 Å². The number of rotatable bonds is 4. The largest absolute Gasteiger partial charge is 0.506 e. The van der Waals surface area contributed by atoms with E-state index in [0.29, 0.717) is 0 Å². The van der Waals surface area contributed by atoms with Gasteiger partial charge in [-0.15, -0.1) is 0 Å². The Morgan fingerprint density at radius 1 is 1.08 bits per heavy atom. The van der Waals surface area contributed by atoms with Crippen molar-refractivity contribution in [1.29, 1.82) is 0 Å². The summed E-state index contributed by atoms with van der Waals surface area (Å²) < 4.78 is 0. The van der Waals surface area contributed by atoms with E-state index in [1.165, 1.54) is 0 Å². The molecule has 0 saturated carbocycles. The second-order valence-corrected chi connectivity index (χ2v) is 2.18. The molecule has 12 heavy (non-hydrogen) atoms. The summed E-state index contributed by atoms with van der Waals surface area (Å²) in [5.41, 5.74) is 0. The van der Waals surface area contributed by atoms with Crippen LogP contribution in [-0.2, 0) is 0 Å². The minimum Gasteiger partial charge on any atom is -0.506 e. The Labute approximate surface area is 68.6 Å². The maximum absolute atomic E-state index is 8.90. The molecule has 0 aromatic rings. The van der Waals surface area contributed by atoms with Gasteiger partial charge in [-0.1, -0.05) is 0 Å².